The van der Waals surface area contributed by atoms with Crippen molar-refractivity contribution in [1.82, 2.24) is 0 Å². The van der Waals surface area contributed by atoms with Crippen LogP contribution in [0.3, 0.4) is 0 Å². The minimum absolute atomic E-state index is 0.0281. The van der Waals surface area contributed by atoms with Crippen LogP contribution in [-0.2, 0) is 4.74 Å². The highest BCUT2D eigenvalue weighted by Crippen LogP contribution is 2.27. The lowest BCUT2D eigenvalue weighted by Crippen LogP contribution is -2.48. The normalized spacial score (nSPS) is 24.1. The van der Waals surface area contributed by atoms with E-state index in [2.05, 4.69) is 4.90 Å². The van der Waals surface area contributed by atoms with Crippen LogP contribution in [0.15, 0.2) is 18.2 Å². The number of nitrogens with two attached hydrogens (primary N) is 1. The van der Waals surface area contributed by atoms with E-state index in [0.29, 0.717) is 12.2 Å². The number of nitrogen functional groups attached to an aromatic ring is 1. The number of hydrogen-bond donors (Lipinski definition) is 2. The van der Waals surface area contributed by atoms with Crippen LogP contribution in [0.2, 0.25) is 0 Å². The van der Waals surface area contributed by atoms with E-state index in [-0.39, 0.29) is 18.8 Å². The van der Waals surface area contributed by atoms with Crippen molar-refractivity contribution in [1.29, 1.82) is 0 Å². The Hall–Kier alpha value is -1.46. The second kappa shape index (κ2) is 5.46. The Morgan fingerprint density at radius 2 is 2.22 bits per heavy atom. The summed E-state index contributed by atoms with van der Waals surface area (Å²) < 4.78 is 10.8. The third kappa shape index (κ3) is 2.86. The number of rotatable bonds is 3. The van der Waals surface area contributed by atoms with Crippen molar-refractivity contribution in [3.05, 3.63) is 18.2 Å². The molecule has 1 saturated heterocycles. The highest BCUT2D eigenvalue weighted by molar-refractivity contribution is 5.60. The van der Waals surface area contributed by atoms with E-state index in [0.717, 1.165) is 18.0 Å². The second-order valence-corrected chi connectivity index (χ2v) is 4.62. The first-order chi connectivity index (χ1) is 8.62. The molecular formula is C13H20N2O3. The van der Waals surface area contributed by atoms with Crippen molar-refractivity contribution in [3.8, 4) is 5.75 Å². The maximum absolute atomic E-state index is 9.23. The van der Waals surface area contributed by atoms with Gasteiger partial charge in [-0.25, -0.2) is 0 Å². The molecule has 1 aliphatic heterocycles. The van der Waals surface area contributed by atoms with Crippen LogP contribution >= 0.6 is 0 Å². The fourth-order valence-corrected chi connectivity index (χ4v) is 2.26. The fraction of sp³-hybridized carbons (Fsp3) is 0.538. The molecular weight excluding hydrogens is 232 g/mol. The molecule has 1 heterocycles. The molecule has 0 bridgehead atoms. The maximum Gasteiger partial charge on any atom is 0.122 e. The zero-order chi connectivity index (χ0) is 13.1. The van der Waals surface area contributed by atoms with Gasteiger partial charge in [-0.15, -0.1) is 0 Å². The lowest BCUT2D eigenvalue weighted by Gasteiger charge is -2.37. The van der Waals surface area contributed by atoms with Gasteiger partial charge >= 0.3 is 0 Å². The summed E-state index contributed by atoms with van der Waals surface area (Å²) in [6.07, 6.45) is -0.0653. The van der Waals surface area contributed by atoms with Gasteiger partial charge in [0.2, 0.25) is 0 Å². The van der Waals surface area contributed by atoms with Crippen molar-refractivity contribution in [2.75, 3.05) is 37.4 Å². The monoisotopic (exact) mass is 252 g/mol. The minimum Gasteiger partial charge on any atom is -0.497 e. The molecule has 3 N–H and O–H groups in total. The van der Waals surface area contributed by atoms with Crippen LogP contribution in [-0.4, -0.2) is 44.1 Å². The predicted molar refractivity (Wildman–Crippen MR) is 71.0 cm³/mol. The summed E-state index contributed by atoms with van der Waals surface area (Å²) in [6.45, 7) is 3.47. The van der Waals surface area contributed by atoms with Gasteiger partial charge in [-0.2, -0.15) is 0 Å². The lowest BCUT2D eigenvalue weighted by atomic mass is 10.1. The lowest BCUT2D eigenvalue weighted by molar-refractivity contribution is -0.0421. The average Bonchev–Trinajstić information content (AvgIpc) is 2.37. The van der Waals surface area contributed by atoms with Gasteiger partial charge in [0.15, 0.2) is 0 Å². The van der Waals surface area contributed by atoms with Gasteiger partial charge in [-0.1, -0.05) is 0 Å². The molecule has 0 spiro atoms. The molecule has 2 atom stereocenters. The molecule has 0 saturated carbocycles. The largest absolute Gasteiger partial charge is 0.497 e. The molecule has 0 aromatic heterocycles. The van der Waals surface area contributed by atoms with Crippen LogP contribution in [0, 0.1) is 0 Å². The van der Waals surface area contributed by atoms with Gasteiger partial charge in [-0.05, 0) is 13.0 Å². The molecule has 2 unspecified atom stereocenters. The van der Waals surface area contributed by atoms with Gasteiger partial charge in [-0.3, -0.25) is 0 Å². The Bertz CT molecular complexity index is 411. The summed E-state index contributed by atoms with van der Waals surface area (Å²) in [5.41, 5.74) is 7.53. The third-order valence-electron chi connectivity index (χ3n) is 3.04. The molecule has 1 fully saturated rings. The van der Waals surface area contributed by atoms with E-state index in [1.807, 2.05) is 19.1 Å². The van der Waals surface area contributed by atoms with E-state index < -0.39 is 0 Å². The average molecular weight is 252 g/mol. The molecule has 1 aliphatic rings. The van der Waals surface area contributed by atoms with Crippen LogP contribution < -0.4 is 15.4 Å². The number of hydrogen-bond acceptors (Lipinski definition) is 5. The Morgan fingerprint density at radius 1 is 1.44 bits per heavy atom. The summed E-state index contributed by atoms with van der Waals surface area (Å²) in [4.78, 5) is 2.16. The number of anilines is 2. The van der Waals surface area contributed by atoms with Gasteiger partial charge in [0.1, 0.15) is 5.75 Å². The molecule has 1 aromatic carbocycles. The Balaban J connectivity index is 2.21. The number of benzene rings is 1. The van der Waals surface area contributed by atoms with Crippen molar-refractivity contribution < 1.29 is 14.6 Å². The third-order valence-corrected chi connectivity index (χ3v) is 3.04. The number of nitrogens with zero attached hydrogens (tertiary/aromatic N) is 1. The van der Waals surface area contributed by atoms with E-state index in [4.69, 9.17) is 15.2 Å². The van der Waals surface area contributed by atoms with Crippen LogP contribution in [0.4, 0.5) is 11.4 Å². The first-order valence-corrected chi connectivity index (χ1v) is 6.08. The Morgan fingerprint density at radius 3 is 2.89 bits per heavy atom. The van der Waals surface area contributed by atoms with E-state index in [1.54, 1.807) is 13.2 Å². The van der Waals surface area contributed by atoms with Gasteiger partial charge in [0, 0.05) is 36.6 Å². The number of aliphatic hydroxyl groups excluding tert-OH is 1. The summed E-state index contributed by atoms with van der Waals surface area (Å²) in [6, 6.07) is 5.65. The molecule has 5 nitrogen and oxygen atoms in total. The first kappa shape index (κ1) is 13.0. The van der Waals surface area contributed by atoms with Crippen LogP contribution in [0.25, 0.3) is 0 Å². The van der Waals surface area contributed by atoms with Crippen molar-refractivity contribution in [2.45, 2.75) is 19.1 Å². The zero-order valence-corrected chi connectivity index (χ0v) is 10.8. The van der Waals surface area contributed by atoms with Crippen LogP contribution in [0.1, 0.15) is 6.92 Å². The van der Waals surface area contributed by atoms with E-state index in [1.165, 1.54) is 0 Å². The fourth-order valence-electron chi connectivity index (χ4n) is 2.26. The SMILES string of the molecule is COc1cc(N)cc(N2CC(C)OC(CO)C2)c1. The van der Waals surface area contributed by atoms with Gasteiger partial charge < -0.3 is 25.2 Å². The molecule has 2 rings (SSSR count). The smallest absolute Gasteiger partial charge is 0.122 e. The summed E-state index contributed by atoms with van der Waals surface area (Å²) in [5.74, 6) is 0.740. The molecule has 18 heavy (non-hydrogen) atoms. The molecule has 0 aliphatic carbocycles. The molecule has 5 heteroatoms. The number of ether oxygens (including phenoxy) is 2. The van der Waals surface area contributed by atoms with Crippen molar-refractivity contribution >= 4 is 11.4 Å². The van der Waals surface area contributed by atoms with Gasteiger partial charge in [0.25, 0.3) is 0 Å². The quantitative estimate of drug-likeness (QED) is 0.781. The molecule has 0 amide bonds. The highest BCUT2D eigenvalue weighted by atomic mass is 16.5. The predicted octanol–water partition coefficient (Wildman–Crippen LogP) is 0.863. The minimum atomic E-state index is -0.152. The van der Waals surface area contributed by atoms with E-state index in [9.17, 15) is 5.11 Å². The number of aliphatic hydroxyl groups is 1. The topological polar surface area (TPSA) is 68.0 Å². The standard InChI is InChI=1S/C13H20N2O3/c1-9-6-15(7-13(8-16)18-9)11-3-10(14)4-12(5-11)17-2/h3-5,9,13,16H,6-8,14H2,1-2H3. The Kier molecular flexibility index (Phi) is 3.93. The number of methoxy groups -OCH3 is 1. The molecule has 1 aromatic rings. The van der Waals surface area contributed by atoms with Crippen LogP contribution in [0.5, 0.6) is 5.75 Å². The maximum atomic E-state index is 9.23. The van der Waals surface area contributed by atoms with Gasteiger partial charge in [0.05, 0.1) is 25.9 Å². The zero-order valence-electron chi connectivity index (χ0n) is 10.8. The van der Waals surface area contributed by atoms with E-state index >= 15 is 0 Å². The number of morpholine rings is 1. The highest BCUT2D eigenvalue weighted by Gasteiger charge is 2.25. The summed E-state index contributed by atoms with van der Waals surface area (Å²) >= 11 is 0. The van der Waals surface area contributed by atoms with Crippen molar-refractivity contribution in [3.63, 3.8) is 0 Å². The molecule has 0 radical (unpaired) electrons. The summed E-state index contributed by atoms with van der Waals surface area (Å²) in [5, 5.41) is 9.23. The Labute approximate surface area is 107 Å². The molecule has 100 valence electrons. The summed E-state index contributed by atoms with van der Waals surface area (Å²) in [7, 11) is 1.62. The first-order valence-electron chi connectivity index (χ1n) is 6.08. The van der Waals surface area contributed by atoms with Crippen molar-refractivity contribution in [2.24, 2.45) is 0 Å². The second-order valence-electron chi connectivity index (χ2n) is 4.62.